The molecule has 0 atom stereocenters. The van der Waals surface area contributed by atoms with Gasteiger partial charge in [0.2, 0.25) is 5.95 Å². The van der Waals surface area contributed by atoms with Crippen LogP contribution in [0.1, 0.15) is 5.69 Å². The molecule has 0 aliphatic heterocycles. The van der Waals surface area contributed by atoms with E-state index in [-0.39, 0.29) is 0 Å². The van der Waals surface area contributed by atoms with Gasteiger partial charge in [-0.2, -0.15) is 0 Å². The molecule has 0 aliphatic rings. The molecule has 5 heteroatoms. The number of aryl methyl sites for hydroxylation is 1. The lowest BCUT2D eigenvalue weighted by molar-refractivity contribution is 0.940. The number of nitrogens with two attached hydrogens (primary N) is 1. The Labute approximate surface area is 91.1 Å². The smallest absolute Gasteiger partial charge is 0.200 e. The van der Waals surface area contributed by atoms with Gasteiger partial charge < -0.3 is 10.3 Å². The number of nitrogens with zero attached hydrogens (tertiary/aromatic N) is 2. The van der Waals surface area contributed by atoms with Crippen molar-refractivity contribution in [2.24, 2.45) is 7.05 Å². The Bertz CT molecular complexity index is 472. The molecule has 0 radical (unpaired) electrons. The topological polar surface area (TPSA) is 43.8 Å². The van der Waals surface area contributed by atoms with Gasteiger partial charge in [-0.1, -0.05) is 11.6 Å². The van der Waals surface area contributed by atoms with E-state index in [4.69, 9.17) is 17.3 Å². The molecule has 2 rings (SSSR count). The number of rotatable bonds is 1. The number of thiophene rings is 1. The van der Waals surface area contributed by atoms with Gasteiger partial charge in [0.05, 0.1) is 20.6 Å². The van der Waals surface area contributed by atoms with Crippen LogP contribution in [0, 0.1) is 6.92 Å². The van der Waals surface area contributed by atoms with Crippen molar-refractivity contribution in [3.8, 4) is 10.6 Å². The van der Waals surface area contributed by atoms with Gasteiger partial charge in [-0.3, -0.25) is 0 Å². The SMILES string of the molecule is Cc1nc(N)n(C)c1-c1ccc(Cl)s1. The third kappa shape index (κ3) is 1.40. The lowest BCUT2D eigenvalue weighted by Crippen LogP contribution is -1.97. The van der Waals surface area contributed by atoms with Crippen LogP contribution >= 0.6 is 22.9 Å². The summed E-state index contributed by atoms with van der Waals surface area (Å²) >= 11 is 7.41. The Morgan fingerprint density at radius 3 is 2.64 bits per heavy atom. The molecule has 74 valence electrons. The van der Waals surface area contributed by atoms with Crippen LogP contribution in [-0.2, 0) is 7.05 Å². The Kier molecular flexibility index (Phi) is 2.25. The second-order valence-corrected chi connectivity index (χ2v) is 4.78. The lowest BCUT2D eigenvalue weighted by Gasteiger charge is -2.00. The molecule has 0 aromatic carbocycles. The molecule has 2 heterocycles. The van der Waals surface area contributed by atoms with Gasteiger partial charge in [0.15, 0.2) is 0 Å². The summed E-state index contributed by atoms with van der Waals surface area (Å²) in [6.45, 7) is 1.94. The number of nitrogen functional groups attached to an aromatic ring is 1. The maximum absolute atomic E-state index is 5.88. The minimum atomic E-state index is 0.530. The fourth-order valence-electron chi connectivity index (χ4n) is 1.44. The second-order valence-electron chi connectivity index (χ2n) is 3.07. The molecule has 0 unspecified atom stereocenters. The van der Waals surface area contributed by atoms with Gasteiger partial charge in [0.1, 0.15) is 0 Å². The average Bonchev–Trinajstić information content (AvgIpc) is 2.60. The zero-order valence-corrected chi connectivity index (χ0v) is 9.49. The van der Waals surface area contributed by atoms with Crippen molar-refractivity contribution in [2.45, 2.75) is 6.92 Å². The summed E-state index contributed by atoms with van der Waals surface area (Å²) in [6.07, 6.45) is 0. The molecule has 0 saturated carbocycles. The molecule has 2 aromatic rings. The quantitative estimate of drug-likeness (QED) is 0.814. The summed E-state index contributed by atoms with van der Waals surface area (Å²) in [5, 5.41) is 0. The maximum Gasteiger partial charge on any atom is 0.200 e. The summed E-state index contributed by atoms with van der Waals surface area (Å²) < 4.78 is 2.65. The predicted molar refractivity (Wildman–Crippen MR) is 60.7 cm³/mol. The number of halogens is 1. The number of anilines is 1. The van der Waals surface area contributed by atoms with Crippen molar-refractivity contribution in [3.05, 3.63) is 22.2 Å². The van der Waals surface area contributed by atoms with Gasteiger partial charge in [0.25, 0.3) is 0 Å². The van der Waals surface area contributed by atoms with E-state index in [1.165, 1.54) is 11.3 Å². The molecular weight excluding hydrogens is 218 g/mol. The first-order valence-electron chi connectivity index (χ1n) is 4.14. The van der Waals surface area contributed by atoms with Gasteiger partial charge in [-0.15, -0.1) is 11.3 Å². The summed E-state index contributed by atoms with van der Waals surface area (Å²) in [5.74, 6) is 0.530. The Morgan fingerprint density at radius 2 is 2.21 bits per heavy atom. The lowest BCUT2D eigenvalue weighted by atomic mass is 10.3. The fraction of sp³-hybridized carbons (Fsp3) is 0.222. The van der Waals surface area contributed by atoms with Crippen molar-refractivity contribution in [1.82, 2.24) is 9.55 Å². The first kappa shape index (κ1) is 9.55. The minimum Gasteiger partial charge on any atom is -0.369 e. The Balaban J connectivity index is 2.61. The van der Waals surface area contributed by atoms with Crippen molar-refractivity contribution in [3.63, 3.8) is 0 Å². The van der Waals surface area contributed by atoms with Gasteiger partial charge in [-0.05, 0) is 19.1 Å². The minimum absolute atomic E-state index is 0.530. The van der Waals surface area contributed by atoms with E-state index in [9.17, 15) is 0 Å². The molecule has 0 saturated heterocycles. The van der Waals surface area contributed by atoms with Crippen LogP contribution in [0.25, 0.3) is 10.6 Å². The van der Waals surface area contributed by atoms with Crippen LogP contribution < -0.4 is 5.73 Å². The molecule has 0 aliphatic carbocycles. The van der Waals surface area contributed by atoms with E-state index in [2.05, 4.69) is 4.98 Å². The number of imidazole rings is 1. The highest BCUT2D eigenvalue weighted by Crippen LogP contribution is 2.33. The molecule has 2 N–H and O–H groups in total. The van der Waals surface area contributed by atoms with Crippen LogP contribution in [0.2, 0.25) is 4.34 Å². The maximum atomic E-state index is 5.88. The third-order valence-electron chi connectivity index (χ3n) is 2.11. The van der Waals surface area contributed by atoms with Crippen LogP contribution in [0.4, 0.5) is 5.95 Å². The molecule has 14 heavy (non-hydrogen) atoms. The van der Waals surface area contributed by atoms with E-state index in [0.29, 0.717) is 5.95 Å². The first-order chi connectivity index (χ1) is 6.59. The Hall–Kier alpha value is -1.000. The van der Waals surface area contributed by atoms with Crippen molar-refractivity contribution < 1.29 is 0 Å². The molecule has 0 fully saturated rings. The van der Waals surface area contributed by atoms with Crippen LogP contribution in [0.3, 0.4) is 0 Å². The standard InChI is InChI=1S/C9H10ClN3S/c1-5-8(13(2)9(11)12-5)6-3-4-7(10)14-6/h3-4H,1-2H3,(H2,11,12). The van der Waals surface area contributed by atoms with E-state index in [0.717, 1.165) is 20.6 Å². The number of hydrogen-bond donors (Lipinski definition) is 1. The van der Waals surface area contributed by atoms with E-state index >= 15 is 0 Å². The van der Waals surface area contributed by atoms with Gasteiger partial charge in [0, 0.05) is 7.05 Å². The fourth-order valence-corrected chi connectivity index (χ4v) is 2.62. The Morgan fingerprint density at radius 1 is 1.50 bits per heavy atom. The molecule has 3 nitrogen and oxygen atoms in total. The summed E-state index contributed by atoms with van der Waals surface area (Å²) in [4.78, 5) is 5.30. The summed E-state index contributed by atoms with van der Waals surface area (Å²) in [6, 6.07) is 3.86. The van der Waals surface area contributed by atoms with Crippen LogP contribution in [0.15, 0.2) is 12.1 Å². The molecule has 0 amide bonds. The van der Waals surface area contributed by atoms with E-state index in [1.54, 1.807) is 0 Å². The summed E-state index contributed by atoms with van der Waals surface area (Å²) in [5.41, 5.74) is 7.68. The zero-order chi connectivity index (χ0) is 10.3. The largest absolute Gasteiger partial charge is 0.369 e. The average molecular weight is 228 g/mol. The zero-order valence-electron chi connectivity index (χ0n) is 7.91. The van der Waals surface area contributed by atoms with Crippen molar-refractivity contribution >= 4 is 28.9 Å². The summed E-state index contributed by atoms with van der Waals surface area (Å²) in [7, 11) is 1.90. The van der Waals surface area contributed by atoms with Crippen molar-refractivity contribution in [2.75, 3.05) is 5.73 Å². The number of hydrogen-bond acceptors (Lipinski definition) is 3. The molecule has 2 aromatic heterocycles. The van der Waals surface area contributed by atoms with Crippen molar-refractivity contribution in [1.29, 1.82) is 0 Å². The van der Waals surface area contributed by atoms with E-state index in [1.807, 2.05) is 30.7 Å². The van der Waals surface area contributed by atoms with Gasteiger partial charge >= 0.3 is 0 Å². The third-order valence-corrected chi connectivity index (χ3v) is 3.35. The normalized spacial score (nSPS) is 10.8. The van der Waals surface area contributed by atoms with Gasteiger partial charge in [-0.25, -0.2) is 4.98 Å². The molecular formula is C9H10ClN3S. The molecule has 0 bridgehead atoms. The first-order valence-corrected chi connectivity index (χ1v) is 5.33. The van der Waals surface area contributed by atoms with Crippen LogP contribution in [-0.4, -0.2) is 9.55 Å². The van der Waals surface area contributed by atoms with Crippen LogP contribution in [0.5, 0.6) is 0 Å². The highest BCUT2D eigenvalue weighted by atomic mass is 35.5. The second kappa shape index (κ2) is 3.29. The molecule has 0 spiro atoms. The highest BCUT2D eigenvalue weighted by Gasteiger charge is 2.12. The van der Waals surface area contributed by atoms with E-state index < -0.39 is 0 Å². The monoisotopic (exact) mass is 227 g/mol. The predicted octanol–water partition coefficient (Wildman–Crippen LogP) is 2.69. The highest BCUT2D eigenvalue weighted by molar-refractivity contribution is 7.19. The number of aromatic nitrogens is 2.